The summed E-state index contributed by atoms with van der Waals surface area (Å²) in [5, 5.41) is 12.5. The Hall–Kier alpha value is -5.03. The number of aromatic nitrogens is 2. The van der Waals surface area contributed by atoms with Gasteiger partial charge < -0.3 is 14.6 Å². The zero-order valence-electron chi connectivity index (χ0n) is 26.7. The topological polar surface area (TPSA) is 95.1 Å². The third-order valence-electron chi connectivity index (χ3n) is 8.85. The largest absolute Gasteiger partial charge is 0.436 e. The smallest absolute Gasteiger partial charge is 0.251 e. The van der Waals surface area contributed by atoms with Crippen LogP contribution < -0.4 is 10.2 Å². The molecular weight excluding hydrogens is 577 g/mol. The highest BCUT2D eigenvalue weighted by molar-refractivity contribution is 5.94. The molecule has 234 valence electrons. The van der Waals surface area contributed by atoms with Crippen molar-refractivity contribution in [3.8, 4) is 28.7 Å². The lowest BCUT2D eigenvalue weighted by atomic mass is 9.93. The summed E-state index contributed by atoms with van der Waals surface area (Å²) in [6.45, 7) is 10.7. The Bertz CT molecular complexity index is 1900. The minimum atomic E-state index is -0.244. The Kier molecular flexibility index (Phi) is 8.85. The summed E-state index contributed by atoms with van der Waals surface area (Å²) >= 11 is 0. The number of piperidine rings is 1. The molecule has 1 fully saturated rings. The first-order valence-corrected chi connectivity index (χ1v) is 15.9. The number of carbonyl (C=O) groups excluding carboxylic acids is 1. The molecule has 0 saturated carbocycles. The van der Waals surface area contributed by atoms with Crippen LogP contribution in [-0.4, -0.2) is 35.5 Å². The van der Waals surface area contributed by atoms with Gasteiger partial charge in [-0.05, 0) is 102 Å². The summed E-state index contributed by atoms with van der Waals surface area (Å²) in [6.07, 6.45) is 3.74. The summed E-state index contributed by atoms with van der Waals surface area (Å²) in [7, 11) is 0. The average Bonchev–Trinajstić information content (AvgIpc) is 3.51. The number of nitrogens with zero attached hydrogens (tertiary/aromatic N) is 4. The quantitative estimate of drug-likeness (QED) is 0.188. The van der Waals surface area contributed by atoms with Crippen molar-refractivity contribution in [2.45, 2.75) is 52.4 Å². The van der Waals surface area contributed by atoms with Crippen molar-refractivity contribution in [1.82, 2.24) is 15.3 Å². The van der Waals surface area contributed by atoms with Gasteiger partial charge in [-0.1, -0.05) is 33.8 Å². The maximum absolute atomic E-state index is 14.0. The van der Waals surface area contributed by atoms with Crippen LogP contribution in [0.3, 0.4) is 0 Å². The summed E-state index contributed by atoms with van der Waals surface area (Å²) in [6, 6.07) is 22.1. The molecule has 1 aliphatic rings. The Labute approximate surface area is 269 Å². The molecule has 8 heteroatoms. The van der Waals surface area contributed by atoms with Crippen molar-refractivity contribution in [2.24, 2.45) is 5.92 Å². The van der Waals surface area contributed by atoms with Crippen LogP contribution in [0.2, 0.25) is 0 Å². The number of nitriles is 1. The van der Waals surface area contributed by atoms with E-state index in [9.17, 15) is 14.4 Å². The number of hydrogen-bond donors (Lipinski definition) is 1. The van der Waals surface area contributed by atoms with Gasteiger partial charge in [0.25, 0.3) is 5.91 Å². The van der Waals surface area contributed by atoms with E-state index in [-0.39, 0.29) is 23.6 Å². The lowest BCUT2D eigenvalue weighted by molar-refractivity contribution is 0.0945. The van der Waals surface area contributed by atoms with E-state index >= 15 is 0 Å². The van der Waals surface area contributed by atoms with Crippen molar-refractivity contribution >= 4 is 22.8 Å². The number of amides is 1. The molecule has 3 heterocycles. The number of pyridine rings is 1. The standard InChI is InChI=1S/C38H38FN5O2/c1-23(2)31-11-10-30(39)19-33(31)29-9-12-35(41-22-29)44-15-13-25(14-16-44)21-42-37(45)27-5-7-28(8-6-27)38-43-34-18-26(20-40)17-32(24(3)4)36(34)46-38/h5-12,17-19,22-25H,13-16,21H2,1-4H3,(H,42,45). The first-order chi connectivity index (χ1) is 22.2. The molecule has 3 aromatic carbocycles. The molecule has 5 aromatic rings. The van der Waals surface area contributed by atoms with Crippen molar-refractivity contribution in [2.75, 3.05) is 24.5 Å². The van der Waals surface area contributed by atoms with Gasteiger partial charge in [0, 0.05) is 48.1 Å². The normalized spacial score (nSPS) is 13.8. The van der Waals surface area contributed by atoms with Crippen LogP contribution in [0.5, 0.6) is 0 Å². The number of fused-ring (bicyclic) bond motifs is 1. The van der Waals surface area contributed by atoms with E-state index < -0.39 is 0 Å². The van der Waals surface area contributed by atoms with Gasteiger partial charge in [0.2, 0.25) is 5.89 Å². The van der Waals surface area contributed by atoms with Gasteiger partial charge in [-0.15, -0.1) is 0 Å². The fourth-order valence-electron chi connectivity index (χ4n) is 6.16. The van der Waals surface area contributed by atoms with Crippen LogP contribution in [0.1, 0.15) is 79.4 Å². The Balaban J connectivity index is 1.03. The second-order valence-electron chi connectivity index (χ2n) is 12.7. The van der Waals surface area contributed by atoms with Gasteiger partial charge in [-0.25, -0.2) is 14.4 Å². The van der Waals surface area contributed by atoms with Crippen LogP contribution in [0.25, 0.3) is 33.7 Å². The minimum Gasteiger partial charge on any atom is -0.436 e. The summed E-state index contributed by atoms with van der Waals surface area (Å²) in [4.78, 5) is 24.6. The lowest BCUT2D eigenvalue weighted by Gasteiger charge is -2.33. The Morgan fingerprint density at radius 2 is 1.70 bits per heavy atom. The van der Waals surface area contributed by atoms with Gasteiger partial charge in [0.15, 0.2) is 5.58 Å². The average molecular weight is 616 g/mol. The van der Waals surface area contributed by atoms with Gasteiger partial charge in [-0.3, -0.25) is 4.79 Å². The number of carbonyl (C=O) groups is 1. The molecule has 1 N–H and O–H groups in total. The second-order valence-corrected chi connectivity index (χ2v) is 12.7. The molecule has 1 amide bonds. The van der Waals surface area contributed by atoms with Gasteiger partial charge in [0.05, 0.1) is 11.6 Å². The van der Waals surface area contributed by atoms with Crippen LogP contribution in [-0.2, 0) is 0 Å². The van der Waals surface area contributed by atoms with E-state index in [1.165, 1.54) is 6.07 Å². The zero-order chi connectivity index (χ0) is 32.4. The Morgan fingerprint density at radius 1 is 0.978 bits per heavy atom. The van der Waals surface area contributed by atoms with Crippen LogP contribution >= 0.6 is 0 Å². The number of oxazole rings is 1. The van der Waals surface area contributed by atoms with E-state index in [0.29, 0.717) is 40.6 Å². The number of halogens is 1. The highest BCUT2D eigenvalue weighted by atomic mass is 19.1. The summed E-state index contributed by atoms with van der Waals surface area (Å²) in [5.74, 6) is 1.88. The van der Waals surface area contributed by atoms with Crippen molar-refractivity contribution in [3.63, 3.8) is 0 Å². The van der Waals surface area contributed by atoms with Gasteiger partial charge in [-0.2, -0.15) is 5.26 Å². The maximum Gasteiger partial charge on any atom is 0.251 e. The number of anilines is 1. The zero-order valence-corrected chi connectivity index (χ0v) is 26.7. The molecule has 0 unspecified atom stereocenters. The van der Waals surface area contributed by atoms with E-state index in [0.717, 1.165) is 59.6 Å². The van der Waals surface area contributed by atoms with Crippen LogP contribution in [0, 0.1) is 23.1 Å². The molecule has 46 heavy (non-hydrogen) atoms. The second kappa shape index (κ2) is 13.1. The van der Waals surface area contributed by atoms with Crippen molar-refractivity contribution in [1.29, 1.82) is 5.26 Å². The highest BCUT2D eigenvalue weighted by Gasteiger charge is 2.22. The predicted molar refractivity (Wildman–Crippen MR) is 179 cm³/mol. The molecule has 1 saturated heterocycles. The molecular formula is C38H38FN5O2. The first kappa shape index (κ1) is 31.0. The number of hydrogen-bond acceptors (Lipinski definition) is 6. The van der Waals surface area contributed by atoms with Gasteiger partial charge in [0.1, 0.15) is 17.2 Å². The molecule has 2 aromatic heterocycles. The maximum atomic E-state index is 14.0. The number of nitrogens with one attached hydrogen (secondary N) is 1. The molecule has 0 bridgehead atoms. The number of rotatable bonds is 8. The molecule has 0 atom stereocenters. The minimum absolute atomic E-state index is 0.109. The SMILES string of the molecule is CC(C)c1ccc(F)cc1-c1ccc(N2CCC(CNC(=O)c3ccc(-c4nc5cc(C#N)cc(C(C)C)c5o4)cc3)CC2)nc1. The number of benzene rings is 3. The Morgan fingerprint density at radius 3 is 2.35 bits per heavy atom. The van der Waals surface area contributed by atoms with E-state index in [2.05, 4.69) is 49.0 Å². The third-order valence-corrected chi connectivity index (χ3v) is 8.85. The molecule has 1 aliphatic heterocycles. The van der Waals surface area contributed by atoms with E-state index in [4.69, 9.17) is 9.40 Å². The fourth-order valence-corrected chi connectivity index (χ4v) is 6.16. The molecule has 6 rings (SSSR count). The van der Waals surface area contributed by atoms with Crippen LogP contribution in [0.15, 0.2) is 77.3 Å². The summed E-state index contributed by atoms with van der Waals surface area (Å²) < 4.78 is 20.1. The summed E-state index contributed by atoms with van der Waals surface area (Å²) in [5.41, 5.74) is 7.11. The predicted octanol–water partition coefficient (Wildman–Crippen LogP) is 8.46. The monoisotopic (exact) mass is 615 g/mol. The van der Waals surface area contributed by atoms with Crippen LogP contribution in [0.4, 0.5) is 10.2 Å². The fraction of sp³-hybridized carbons (Fsp3) is 0.316. The third kappa shape index (κ3) is 6.50. The molecule has 0 aliphatic carbocycles. The van der Waals surface area contributed by atoms with Crippen molar-refractivity contribution in [3.05, 3.63) is 101 Å². The molecule has 0 radical (unpaired) electrons. The van der Waals surface area contributed by atoms with Gasteiger partial charge >= 0.3 is 0 Å². The first-order valence-electron chi connectivity index (χ1n) is 15.9. The molecule has 7 nitrogen and oxygen atoms in total. The lowest BCUT2D eigenvalue weighted by Crippen LogP contribution is -2.39. The molecule has 0 spiro atoms. The highest BCUT2D eigenvalue weighted by Crippen LogP contribution is 2.33. The van der Waals surface area contributed by atoms with E-state index in [1.807, 2.05) is 42.6 Å². The van der Waals surface area contributed by atoms with Crippen molar-refractivity contribution < 1.29 is 13.6 Å². The van der Waals surface area contributed by atoms with E-state index in [1.54, 1.807) is 24.3 Å².